The fourth-order valence-electron chi connectivity index (χ4n) is 13.1. The summed E-state index contributed by atoms with van der Waals surface area (Å²) in [6, 6.07) is 85.1. The van der Waals surface area contributed by atoms with Crippen LogP contribution in [0.15, 0.2) is 243 Å². The van der Waals surface area contributed by atoms with Gasteiger partial charge in [-0.15, -0.1) is 0 Å². The maximum Gasteiger partial charge on any atom is 0.165 e. The number of benzene rings is 10. The summed E-state index contributed by atoms with van der Waals surface area (Å²) in [5.41, 5.74) is 21.9. The van der Waals surface area contributed by atoms with Gasteiger partial charge in [-0.3, -0.25) is 14.1 Å². The molecule has 378 valence electrons. The van der Waals surface area contributed by atoms with Gasteiger partial charge in [0.05, 0.1) is 44.1 Å². The van der Waals surface area contributed by atoms with Crippen molar-refractivity contribution in [1.82, 2.24) is 28.2 Å². The summed E-state index contributed by atoms with van der Waals surface area (Å²) in [4.78, 5) is 11.5. The standard InChI is InChI=1S/C74H52N6/c1-45-25-31-64-56(38-45)57-39-46(2)26-32-65(57)78(64)72-70(53-20-15-37-75-44-53)71(77-62-23-13-11-21-54(62)55-22-12-14-24-63(55)77)73(76-74(72)79-66-33-27-47(3)40-58(66)59-41-48(4)28-34-67(59)79)80-68-35-29-51(49-16-7-5-8-17-49)42-60(68)61-43-52(30-36-69(61)80)50-18-9-6-10-19-50/h5-44H,1-4H3. The van der Waals surface area contributed by atoms with Gasteiger partial charge in [-0.05, 0) is 141 Å². The van der Waals surface area contributed by atoms with E-state index in [-0.39, 0.29) is 0 Å². The summed E-state index contributed by atoms with van der Waals surface area (Å²) < 4.78 is 9.92. The molecule has 0 amide bonds. The Kier molecular flexibility index (Phi) is 10.1. The van der Waals surface area contributed by atoms with Gasteiger partial charge in [-0.25, -0.2) is 4.98 Å². The van der Waals surface area contributed by atoms with Crippen LogP contribution in [0.3, 0.4) is 0 Å². The van der Waals surface area contributed by atoms with Gasteiger partial charge in [0.2, 0.25) is 0 Å². The third kappa shape index (κ3) is 6.85. The summed E-state index contributed by atoms with van der Waals surface area (Å²) in [5.74, 6) is 1.59. The molecule has 0 unspecified atom stereocenters. The topological polar surface area (TPSA) is 45.5 Å². The molecule has 0 saturated carbocycles. The fourth-order valence-corrected chi connectivity index (χ4v) is 13.1. The van der Waals surface area contributed by atoms with Gasteiger partial charge in [0.25, 0.3) is 0 Å². The van der Waals surface area contributed by atoms with Crippen molar-refractivity contribution in [3.05, 3.63) is 265 Å². The summed E-state index contributed by atoms with van der Waals surface area (Å²) in [6.07, 6.45) is 3.94. The summed E-state index contributed by atoms with van der Waals surface area (Å²) >= 11 is 0. The molecule has 0 atom stereocenters. The summed E-state index contributed by atoms with van der Waals surface area (Å²) in [5, 5.41) is 9.34. The molecular weight excluding hydrogens is 973 g/mol. The monoisotopic (exact) mass is 1020 g/mol. The van der Waals surface area contributed by atoms with E-state index in [1.165, 1.54) is 43.8 Å². The molecule has 0 spiro atoms. The van der Waals surface area contributed by atoms with Gasteiger partial charge >= 0.3 is 0 Å². The van der Waals surface area contributed by atoms with E-state index in [2.05, 4.69) is 283 Å². The average Bonchev–Trinajstić information content (AvgIpc) is 4.30. The molecule has 0 aliphatic rings. The molecule has 6 aromatic heterocycles. The number of para-hydroxylation sites is 2. The van der Waals surface area contributed by atoms with Gasteiger partial charge < -0.3 is 9.13 Å². The van der Waals surface area contributed by atoms with Crippen molar-refractivity contribution in [1.29, 1.82) is 0 Å². The Morgan fingerprint density at radius 1 is 0.263 bits per heavy atom. The number of pyridine rings is 2. The molecule has 6 nitrogen and oxygen atoms in total. The lowest BCUT2D eigenvalue weighted by Crippen LogP contribution is -2.16. The highest BCUT2D eigenvalue weighted by atomic mass is 15.2. The van der Waals surface area contributed by atoms with Crippen LogP contribution >= 0.6 is 0 Å². The number of aromatic nitrogens is 6. The van der Waals surface area contributed by atoms with E-state index in [0.717, 1.165) is 122 Å². The molecule has 0 bridgehead atoms. The predicted octanol–water partition coefficient (Wildman–Crippen LogP) is 19.1. The van der Waals surface area contributed by atoms with Crippen molar-refractivity contribution in [2.75, 3.05) is 0 Å². The maximum atomic E-state index is 6.49. The van der Waals surface area contributed by atoms with Gasteiger partial charge in [0.1, 0.15) is 11.4 Å². The van der Waals surface area contributed by atoms with Crippen LogP contribution in [-0.2, 0) is 0 Å². The van der Waals surface area contributed by atoms with Crippen LogP contribution in [-0.4, -0.2) is 28.2 Å². The lowest BCUT2D eigenvalue weighted by molar-refractivity contribution is 0.960. The van der Waals surface area contributed by atoms with Crippen molar-refractivity contribution < 1.29 is 0 Å². The van der Waals surface area contributed by atoms with Crippen molar-refractivity contribution in [2.24, 2.45) is 0 Å². The highest BCUT2D eigenvalue weighted by Gasteiger charge is 2.33. The second-order valence-corrected chi connectivity index (χ2v) is 21.7. The molecule has 6 heteroatoms. The largest absolute Gasteiger partial charge is 0.305 e. The molecule has 16 aromatic rings. The summed E-state index contributed by atoms with van der Waals surface area (Å²) in [7, 11) is 0. The van der Waals surface area contributed by atoms with Crippen molar-refractivity contribution >= 4 is 87.2 Å². The number of rotatable bonds is 7. The zero-order chi connectivity index (χ0) is 53.3. The first-order valence-electron chi connectivity index (χ1n) is 27.5. The van der Waals surface area contributed by atoms with Gasteiger partial charge in [-0.2, -0.15) is 0 Å². The number of nitrogens with zero attached hydrogens (tertiary/aromatic N) is 6. The third-order valence-electron chi connectivity index (χ3n) is 16.6. The van der Waals surface area contributed by atoms with Gasteiger partial charge in [0, 0.05) is 66.6 Å². The molecule has 0 aliphatic heterocycles. The number of fused-ring (bicyclic) bond motifs is 12. The molecule has 0 aliphatic carbocycles. The molecule has 0 saturated heterocycles. The minimum Gasteiger partial charge on any atom is -0.305 e. The van der Waals surface area contributed by atoms with Crippen LogP contribution in [0.25, 0.3) is 144 Å². The van der Waals surface area contributed by atoms with E-state index in [1.54, 1.807) is 0 Å². The number of hydrogen-bond acceptors (Lipinski definition) is 2. The lowest BCUT2D eigenvalue weighted by Gasteiger charge is -2.26. The van der Waals surface area contributed by atoms with E-state index in [0.29, 0.717) is 0 Å². The molecule has 0 N–H and O–H groups in total. The Hall–Kier alpha value is -10.3. The van der Waals surface area contributed by atoms with Crippen molar-refractivity contribution in [2.45, 2.75) is 27.7 Å². The minimum absolute atomic E-state index is 0.788. The zero-order valence-electron chi connectivity index (χ0n) is 44.8. The Morgan fingerprint density at radius 2 is 0.600 bits per heavy atom. The molecule has 6 heterocycles. The van der Waals surface area contributed by atoms with E-state index < -0.39 is 0 Å². The molecule has 0 radical (unpaired) electrons. The average molecular weight is 1030 g/mol. The van der Waals surface area contributed by atoms with Crippen molar-refractivity contribution in [3.63, 3.8) is 0 Å². The smallest absolute Gasteiger partial charge is 0.165 e. The van der Waals surface area contributed by atoms with Crippen LogP contribution < -0.4 is 0 Å². The number of aryl methyl sites for hydroxylation is 4. The summed E-state index contributed by atoms with van der Waals surface area (Å²) in [6.45, 7) is 8.78. The molecule has 16 rings (SSSR count). The highest BCUT2D eigenvalue weighted by molar-refractivity contribution is 6.16. The Labute approximate surface area is 462 Å². The second-order valence-electron chi connectivity index (χ2n) is 21.7. The lowest BCUT2D eigenvalue weighted by atomic mass is 10.0. The second kappa shape index (κ2) is 17.6. The Morgan fingerprint density at radius 3 is 1.00 bits per heavy atom. The quantitative estimate of drug-likeness (QED) is 0.160. The predicted molar refractivity (Wildman–Crippen MR) is 335 cm³/mol. The molecule has 10 aromatic carbocycles. The fraction of sp³-hybridized carbons (Fsp3) is 0.0541. The van der Waals surface area contributed by atoms with Crippen LogP contribution in [0.1, 0.15) is 22.3 Å². The first kappa shape index (κ1) is 45.9. The van der Waals surface area contributed by atoms with Crippen LogP contribution in [0, 0.1) is 27.7 Å². The number of hydrogen-bond donors (Lipinski definition) is 0. The first-order chi connectivity index (χ1) is 39.3. The zero-order valence-corrected chi connectivity index (χ0v) is 44.8. The van der Waals surface area contributed by atoms with Gasteiger partial charge in [0.15, 0.2) is 11.6 Å². The molecular formula is C74H52N6. The van der Waals surface area contributed by atoms with Crippen LogP contribution in [0.2, 0.25) is 0 Å². The van der Waals surface area contributed by atoms with Crippen LogP contribution in [0.4, 0.5) is 0 Å². The van der Waals surface area contributed by atoms with E-state index in [1.807, 2.05) is 6.20 Å². The van der Waals surface area contributed by atoms with Gasteiger partial charge in [-0.1, -0.05) is 162 Å². The SMILES string of the molecule is Cc1ccc2c(c1)c1cc(C)ccc1n2-c1nc(-n2c3ccc(-c4ccccc4)cc3c3cc(-c4ccccc4)ccc32)c(-n2c3ccccc3c3ccccc32)c(-c2cccnc2)c1-n1c2ccc(C)cc2c2cc(C)ccc21. The molecule has 80 heavy (non-hydrogen) atoms. The Balaban J connectivity index is 1.19. The minimum atomic E-state index is 0.788. The Bertz CT molecular complexity index is 4940. The highest BCUT2D eigenvalue weighted by Crippen LogP contribution is 2.49. The van der Waals surface area contributed by atoms with E-state index in [9.17, 15) is 0 Å². The first-order valence-corrected chi connectivity index (χ1v) is 27.5. The normalized spacial score (nSPS) is 12.0. The van der Waals surface area contributed by atoms with E-state index in [4.69, 9.17) is 9.97 Å². The van der Waals surface area contributed by atoms with Crippen molar-refractivity contribution in [3.8, 4) is 56.4 Å². The van der Waals surface area contributed by atoms with E-state index >= 15 is 0 Å². The molecule has 0 fully saturated rings. The maximum absolute atomic E-state index is 6.49. The third-order valence-corrected chi connectivity index (χ3v) is 16.6. The van der Waals surface area contributed by atoms with Crippen LogP contribution in [0.5, 0.6) is 0 Å².